The van der Waals surface area contributed by atoms with E-state index < -0.39 is 0 Å². The van der Waals surface area contributed by atoms with Crippen molar-refractivity contribution in [3.05, 3.63) is 84.4 Å². The molecule has 3 aromatic rings. The van der Waals surface area contributed by atoms with E-state index in [4.69, 9.17) is 4.74 Å². The van der Waals surface area contributed by atoms with Gasteiger partial charge in [0.1, 0.15) is 17.8 Å². The largest absolute Gasteiger partial charge is 0.457 e. The molecule has 102 valence electrons. The van der Waals surface area contributed by atoms with Crippen LogP contribution in [0.4, 0.5) is 0 Å². The molecule has 0 N–H and O–H groups in total. The maximum atomic E-state index is 10.7. The molecule has 0 aliphatic heterocycles. The van der Waals surface area contributed by atoms with Crippen molar-refractivity contribution >= 4 is 6.29 Å². The highest BCUT2D eigenvalue weighted by Crippen LogP contribution is 2.32. The minimum atomic E-state index is 0.638. The molecule has 0 spiro atoms. The van der Waals surface area contributed by atoms with Gasteiger partial charge >= 0.3 is 0 Å². The minimum Gasteiger partial charge on any atom is -0.457 e. The van der Waals surface area contributed by atoms with Crippen molar-refractivity contribution in [1.29, 1.82) is 0 Å². The molecule has 0 heterocycles. The van der Waals surface area contributed by atoms with Crippen molar-refractivity contribution in [2.45, 2.75) is 0 Å². The number of hydrogen-bond donors (Lipinski definition) is 0. The molecule has 0 aromatic heterocycles. The molecule has 0 fully saturated rings. The summed E-state index contributed by atoms with van der Waals surface area (Å²) in [5.74, 6) is 1.51. The normalized spacial score (nSPS) is 10.1. The average molecular weight is 274 g/mol. The van der Waals surface area contributed by atoms with Gasteiger partial charge < -0.3 is 4.74 Å². The first-order valence-corrected chi connectivity index (χ1v) is 6.74. The van der Waals surface area contributed by atoms with Gasteiger partial charge in [-0.2, -0.15) is 0 Å². The predicted octanol–water partition coefficient (Wildman–Crippen LogP) is 4.96. The molecule has 3 rings (SSSR count). The smallest absolute Gasteiger partial charge is 0.150 e. The lowest BCUT2D eigenvalue weighted by Gasteiger charge is -2.11. The van der Waals surface area contributed by atoms with Crippen LogP contribution in [0.15, 0.2) is 78.9 Å². The Balaban J connectivity index is 1.93. The van der Waals surface area contributed by atoms with Crippen LogP contribution >= 0.6 is 0 Å². The van der Waals surface area contributed by atoms with E-state index in [0.29, 0.717) is 11.3 Å². The summed E-state index contributed by atoms with van der Waals surface area (Å²) in [6.07, 6.45) is 0.821. The first-order chi connectivity index (χ1) is 10.4. The van der Waals surface area contributed by atoms with Crippen LogP contribution in [0.1, 0.15) is 10.4 Å². The van der Waals surface area contributed by atoms with E-state index in [2.05, 4.69) is 12.1 Å². The second kappa shape index (κ2) is 6.06. The Kier molecular flexibility index (Phi) is 3.79. The van der Waals surface area contributed by atoms with E-state index in [1.807, 2.05) is 42.5 Å². The zero-order chi connectivity index (χ0) is 14.5. The molecule has 0 atom stereocenters. The van der Waals surface area contributed by atoms with E-state index >= 15 is 0 Å². The van der Waals surface area contributed by atoms with Crippen LogP contribution < -0.4 is 4.74 Å². The van der Waals surface area contributed by atoms with Gasteiger partial charge in [-0.1, -0.05) is 48.5 Å². The first-order valence-electron chi connectivity index (χ1n) is 6.74. The third-order valence-corrected chi connectivity index (χ3v) is 3.22. The minimum absolute atomic E-state index is 0.638. The van der Waals surface area contributed by atoms with E-state index in [-0.39, 0.29) is 0 Å². The van der Waals surface area contributed by atoms with Crippen LogP contribution in [0.25, 0.3) is 11.1 Å². The van der Waals surface area contributed by atoms with Crippen LogP contribution in [0.2, 0.25) is 0 Å². The number of rotatable bonds is 4. The van der Waals surface area contributed by atoms with Gasteiger partial charge in [-0.3, -0.25) is 4.79 Å². The Bertz CT molecular complexity index is 731. The summed E-state index contributed by atoms with van der Waals surface area (Å²) >= 11 is 0. The zero-order valence-electron chi connectivity index (χ0n) is 11.4. The summed E-state index contributed by atoms with van der Waals surface area (Å²) in [7, 11) is 0. The fraction of sp³-hybridized carbons (Fsp3) is 0. The maximum absolute atomic E-state index is 10.7. The Morgan fingerprint density at radius 2 is 1.38 bits per heavy atom. The lowest BCUT2D eigenvalue weighted by molar-refractivity contribution is 0.112. The van der Waals surface area contributed by atoms with Crippen LogP contribution in [0, 0.1) is 0 Å². The zero-order valence-corrected chi connectivity index (χ0v) is 11.4. The fourth-order valence-corrected chi connectivity index (χ4v) is 2.15. The number of benzene rings is 3. The number of para-hydroxylation sites is 1. The van der Waals surface area contributed by atoms with Gasteiger partial charge in [0.05, 0.1) is 0 Å². The highest BCUT2D eigenvalue weighted by atomic mass is 16.5. The Morgan fingerprint density at radius 1 is 0.714 bits per heavy atom. The van der Waals surface area contributed by atoms with Crippen molar-refractivity contribution in [2.24, 2.45) is 0 Å². The second-order valence-electron chi connectivity index (χ2n) is 4.65. The summed E-state index contributed by atoms with van der Waals surface area (Å²) in [5, 5.41) is 0. The molecule has 0 amide bonds. The SMILES string of the molecule is O=Cc1ccc(Oc2ccccc2-c2ccccc2)cc1. The van der Waals surface area contributed by atoms with E-state index in [0.717, 1.165) is 23.2 Å². The van der Waals surface area contributed by atoms with Gasteiger partial charge in [0.15, 0.2) is 0 Å². The van der Waals surface area contributed by atoms with Gasteiger partial charge in [0.2, 0.25) is 0 Å². The first kappa shape index (κ1) is 13.1. The van der Waals surface area contributed by atoms with E-state index in [9.17, 15) is 4.79 Å². The number of carbonyl (C=O) groups excluding carboxylic acids is 1. The molecule has 0 aliphatic carbocycles. The number of aldehydes is 1. The molecule has 3 aromatic carbocycles. The Labute approximate surface area is 123 Å². The van der Waals surface area contributed by atoms with Gasteiger partial charge in [0.25, 0.3) is 0 Å². The molecule has 2 heteroatoms. The van der Waals surface area contributed by atoms with Crippen LogP contribution in [-0.4, -0.2) is 6.29 Å². The standard InChI is InChI=1S/C19H14O2/c20-14-15-10-12-17(13-11-15)21-19-9-5-4-8-18(19)16-6-2-1-3-7-16/h1-14H. The molecular formula is C19H14O2. The highest BCUT2D eigenvalue weighted by Gasteiger charge is 2.06. The molecule has 0 aliphatic rings. The fourth-order valence-electron chi connectivity index (χ4n) is 2.15. The van der Waals surface area contributed by atoms with Gasteiger partial charge in [-0.25, -0.2) is 0 Å². The van der Waals surface area contributed by atoms with Gasteiger partial charge in [0, 0.05) is 11.1 Å². The van der Waals surface area contributed by atoms with Crippen molar-refractivity contribution < 1.29 is 9.53 Å². The number of hydrogen-bond acceptors (Lipinski definition) is 2. The number of ether oxygens (including phenoxy) is 1. The average Bonchev–Trinajstić information content (AvgIpc) is 2.57. The summed E-state index contributed by atoms with van der Waals surface area (Å²) in [4.78, 5) is 10.7. The third kappa shape index (κ3) is 3.00. The lowest BCUT2D eigenvalue weighted by Crippen LogP contribution is -1.88. The molecular weight excluding hydrogens is 260 g/mol. The molecule has 0 radical (unpaired) electrons. The monoisotopic (exact) mass is 274 g/mol. The molecule has 2 nitrogen and oxygen atoms in total. The van der Waals surface area contributed by atoms with E-state index in [1.54, 1.807) is 24.3 Å². The maximum Gasteiger partial charge on any atom is 0.150 e. The molecule has 0 unspecified atom stereocenters. The van der Waals surface area contributed by atoms with Crippen LogP contribution in [0.3, 0.4) is 0 Å². The quantitative estimate of drug-likeness (QED) is 0.629. The van der Waals surface area contributed by atoms with E-state index in [1.165, 1.54) is 0 Å². The van der Waals surface area contributed by atoms with Crippen molar-refractivity contribution in [2.75, 3.05) is 0 Å². The lowest BCUT2D eigenvalue weighted by atomic mass is 10.0. The Hall–Kier alpha value is -2.87. The van der Waals surface area contributed by atoms with Crippen LogP contribution in [0.5, 0.6) is 11.5 Å². The second-order valence-corrected chi connectivity index (χ2v) is 4.65. The van der Waals surface area contributed by atoms with Crippen molar-refractivity contribution in [3.8, 4) is 22.6 Å². The van der Waals surface area contributed by atoms with Crippen molar-refractivity contribution in [1.82, 2.24) is 0 Å². The van der Waals surface area contributed by atoms with Crippen molar-refractivity contribution in [3.63, 3.8) is 0 Å². The molecule has 0 saturated heterocycles. The predicted molar refractivity (Wildman–Crippen MR) is 83.8 cm³/mol. The topological polar surface area (TPSA) is 26.3 Å². The third-order valence-electron chi connectivity index (χ3n) is 3.22. The summed E-state index contributed by atoms with van der Waals surface area (Å²) in [5.41, 5.74) is 2.79. The van der Waals surface area contributed by atoms with Gasteiger partial charge in [-0.15, -0.1) is 0 Å². The van der Waals surface area contributed by atoms with Crippen LogP contribution in [-0.2, 0) is 0 Å². The molecule has 21 heavy (non-hydrogen) atoms. The summed E-state index contributed by atoms with van der Waals surface area (Å²) in [6.45, 7) is 0. The Morgan fingerprint density at radius 3 is 2.10 bits per heavy atom. The summed E-state index contributed by atoms with van der Waals surface area (Å²) < 4.78 is 5.95. The highest BCUT2D eigenvalue weighted by molar-refractivity contribution is 5.75. The summed E-state index contributed by atoms with van der Waals surface area (Å²) in [6, 6.07) is 25.1. The molecule has 0 bridgehead atoms. The van der Waals surface area contributed by atoms with Gasteiger partial charge in [-0.05, 0) is 35.9 Å². The molecule has 0 saturated carbocycles. The number of carbonyl (C=O) groups is 1.